The number of nitrogens with one attached hydrogen (secondary N) is 1. The van der Waals surface area contributed by atoms with Crippen molar-refractivity contribution in [2.45, 2.75) is 58.4 Å². The molecule has 3 aromatic heterocycles. The Morgan fingerprint density at radius 1 is 0.861 bits per heavy atom. The predicted octanol–water partition coefficient (Wildman–Crippen LogP) is 6.14. The summed E-state index contributed by atoms with van der Waals surface area (Å²) in [6, 6.07) is 21.1. The summed E-state index contributed by atoms with van der Waals surface area (Å²) in [5.74, 6) is 2.66. The Kier molecular flexibility index (Phi) is 7.93. The maximum atomic E-state index is 4.93. The molecule has 0 radical (unpaired) electrons. The second-order valence-corrected chi connectivity index (χ2v) is 10.0. The van der Waals surface area contributed by atoms with E-state index in [4.69, 9.17) is 10.1 Å². The van der Waals surface area contributed by atoms with Gasteiger partial charge in [0.15, 0.2) is 5.82 Å². The molecule has 2 aromatic carbocycles. The number of nitrogens with zero attached hydrogens (tertiary/aromatic N) is 6. The first kappa shape index (κ1) is 24.1. The molecule has 0 spiro atoms. The van der Waals surface area contributed by atoms with Gasteiger partial charge in [0.25, 0.3) is 0 Å². The third kappa shape index (κ3) is 5.94. The van der Waals surface area contributed by atoms with Crippen molar-refractivity contribution in [1.82, 2.24) is 35.4 Å². The van der Waals surface area contributed by atoms with Crippen LogP contribution < -0.4 is 0 Å². The lowest BCUT2D eigenvalue weighted by Gasteiger charge is -2.09. The lowest BCUT2D eigenvalue weighted by molar-refractivity contribution is 0.603. The Morgan fingerprint density at radius 3 is 2.47 bits per heavy atom. The van der Waals surface area contributed by atoms with Crippen LogP contribution in [-0.2, 0) is 25.8 Å². The molecular weight excluding hydrogens is 466 g/mol. The fourth-order valence-electron chi connectivity index (χ4n) is 4.42. The van der Waals surface area contributed by atoms with Crippen LogP contribution >= 0.6 is 11.3 Å². The highest BCUT2D eigenvalue weighted by atomic mass is 32.1. The molecule has 0 aliphatic rings. The second kappa shape index (κ2) is 11.9. The highest BCUT2D eigenvalue weighted by molar-refractivity contribution is 7.09. The highest BCUT2D eigenvalue weighted by Crippen LogP contribution is 2.29. The molecule has 0 fully saturated rings. The molecule has 3 heterocycles. The summed E-state index contributed by atoms with van der Waals surface area (Å²) < 4.78 is 2.11. The summed E-state index contributed by atoms with van der Waals surface area (Å²) in [7, 11) is 0. The van der Waals surface area contributed by atoms with Crippen LogP contribution in [-0.4, -0.2) is 35.4 Å². The maximum Gasteiger partial charge on any atom is 0.205 e. The number of rotatable bonds is 12. The predicted molar refractivity (Wildman–Crippen MR) is 144 cm³/mol. The smallest absolute Gasteiger partial charge is 0.205 e. The largest absolute Gasteiger partial charge is 0.245 e. The van der Waals surface area contributed by atoms with Gasteiger partial charge in [-0.2, -0.15) is 10.3 Å². The van der Waals surface area contributed by atoms with Crippen LogP contribution in [0.4, 0.5) is 0 Å². The minimum Gasteiger partial charge on any atom is -0.245 e. The molecule has 8 heteroatoms. The number of benzene rings is 2. The number of hydrogen-bond acceptors (Lipinski definition) is 6. The van der Waals surface area contributed by atoms with Crippen molar-refractivity contribution in [3.05, 3.63) is 88.1 Å². The first-order valence-electron chi connectivity index (χ1n) is 12.7. The summed E-state index contributed by atoms with van der Waals surface area (Å²) in [5.41, 5.74) is 4.37. The average molecular weight is 498 g/mol. The zero-order valence-electron chi connectivity index (χ0n) is 20.6. The minimum absolute atomic E-state index is 0.598. The first-order valence-corrected chi connectivity index (χ1v) is 13.5. The molecule has 7 nitrogen and oxygen atoms in total. The number of unbranched alkanes of at least 4 members (excludes halogenated alkanes) is 2. The molecular formula is C28H31N7S. The Morgan fingerprint density at radius 2 is 1.72 bits per heavy atom. The molecule has 5 rings (SSSR count). The molecule has 0 amide bonds. The average Bonchev–Trinajstić information content (AvgIpc) is 3.69. The van der Waals surface area contributed by atoms with Crippen LogP contribution in [0.2, 0.25) is 0 Å². The van der Waals surface area contributed by atoms with Gasteiger partial charge in [-0.1, -0.05) is 74.4 Å². The molecule has 0 aliphatic carbocycles. The standard InChI is InChI=1S/C28H31N7S/c1-2-3-4-14-27-29-26(13-7-9-23-10-8-19-36-23)32-35(27)20-21-15-17-22(18-16-21)24-11-5-6-12-25(24)28-30-33-34-31-28/h5-6,8,10-12,15-19H,2-4,7,9,13-14,20H2,1H3,(H,30,31,33,34). The van der Waals surface area contributed by atoms with E-state index >= 15 is 0 Å². The van der Waals surface area contributed by atoms with E-state index in [0.29, 0.717) is 5.82 Å². The molecule has 0 aliphatic heterocycles. The van der Waals surface area contributed by atoms with Crippen LogP contribution in [0, 0.1) is 0 Å². The quantitative estimate of drug-likeness (QED) is 0.209. The molecule has 0 atom stereocenters. The van der Waals surface area contributed by atoms with Crippen LogP contribution in [0.25, 0.3) is 22.5 Å². The van der Waals surface area contributed by atoms with E-state index in [9.17, 15) is 0 Å². The van der Waals surface area contributed by atoms with Gasteiger partial charge in [0.1, 0.15) is 5.82 Å². The van der Waals surface area contributed by atoms with Crippen molar-refractivity contribution in [2.75, 3.05) is 0 Å². The summed E-state index contributed by atoms with van der Waals surface area (Å²) in [4.78, 5) is 6.36. The summed E-state index contributed by atoms with van der Waals surface area (Å²) in [6.07, 6.45) is 7.62. The zero-order chi connectivity index (χ0) is 24.6. The van der Waals surface area contributed by atoms with Crippen LogP contribution in [0.15, 0.2) is 66.0 Å². The van der Waals surface area contributed by atoms with Crippen molar-refractivity contribution < 1.29 is 0 Å². The van der Waals surface area contributed by atoms with Gasteiger partial charge in [-0.15, -0.1) is 21.5 Å². The van der Waals surface area contributed by atoms with E-state index in [1.165, 1.54) is 23.3 Å². The Labute approximate surface area is 215 Å². The number of aromatic amines is 1. The van der Waals surface area contributed by atoms with Crippen LogP contribution in [0.3, 0.4) is 0 Å². The van der Waals surface area contributed by atoms with E-state index in [1.807, 2.05) is 29.5 Å². The fourth-order valence-corrected chi connectivity index (χ4v) is 5.17. The zero-order valence-corrected chi connectivity index (χ0v) is 21.4. The topological polar surface area (TPSA) is 85.2 Å². The molecule has 0 saturated heterocycles. The summed E-state index contributed by atoms with van der Waals surface area (Å²) in [5, 5.41) is 21.6. The third-order valence-electron chi connectivity index (χ3n) is 6.31. The van der Waals surface area contributed by atoms with Crippen molar-refractivity contribution >= 4 is 11.3 Å². The number of aromatic nitrogens is 7. The number of thiophene rings is 1. The van der Waals surface area contributed by atoms with Gasteiger partial charge in [-0.05, 0) is 52.6 Å². The Hall–Kier alpha value is -3.65. The van der Waals surface area contributed by atoms with Gasteiger partial charge in [0.2, 0.25) is 5.82 Å². The van der Waals surface area contributed by atoms with Crippen molar-refractivity contribution in [3.63, 3.8) is 0 Å². The van der Waals surface area contributed by atoms with E-state index in [-0.39, 0.29) is 0 Å². The summed E-state index contributed by atoms with van der Waals surface area (Å²) in [6.45, 7) is 2.96. The fraction of sp³-hybridized carbons (Fsp3) is 0.321. The Balaban J connectivity index is 1.31. The van der Waals surface area contributed by atoms with E-state index < -0.39 is 0 Å². The molecule has 0 unspecified atom stereocenters. The lowest BCUT2D eigenvalue weighted by atomic mass is 9.98. The highest BCUT2D eigenvalue weighted by Gasteiger charge is 2.13. The van der Waals surface area contributed by atoms with Crippen molar-refractivity contribution in [1.29, 1.82) is 0 Å². The molecule has 0 saturated carbocycles. The maximum absolute atomic E-state index is 4.93. The molecule has 5 aromatic rings. The van der Waals surface area contributed by atoms with Gasteiger partial charge in [-0.3, -0.25) is 0 Å². The first-order chi connectivity index (χ1) is 17.8. The number of aryl methyl sites for hydroxylation is 3. The van der Waals surface area contributed by atoms with Gasteiger partial charge in [0, 0.05) is 23.3 Å². The van der Waals surface area contributed by atoms with E-state index in [0.717, 1.165) is 67.0 Å². The minimum atomic E-state index is 0.598. The summed E-state index contributed by atoms with van der Waals surface area (Å²) >= 11 is 1.82. The normalized spacial score (nSPS) is 11.2. The van der Waals surface area contributed by atoms with Gasteiger partial charge in [0.05, 0.1) is 6.54 Å². The monoisotopic (exact) mass is 497 g/mol. The van der Waals surface area contributed by atoms with Crippen molar-refractivity contribution in [2.24, 2.45) is 0 Å². The Bertz CT molecular complexity index is 1340. The van der Waals surface area contributed by atoms with Crippen molar-refractivity contribution in [3.8, 4) is 22.5 Å². The number of hydrogen-bond donors (Lipinski definition) is 1. The van der Waals surface area contributed by atoms with Gasteiger partial charge in [-0.25, -0.2) is 9.67 Å². The SMILES string of the molecule is CCCCCc1nc(CCCc2cccs2)nn1Cc1ccc(-c2ccccc2-c2nn[nH]n2)cc1. The molecule has 36 heavy (non-hydrogen) atoms. The number of H-pyrrole nitrogens is 1. The van der Waals surface area contributed by atoms with E-state index in [2.05, 4.69) is 80.1 Å². The number of tetrazole rings is 1. The van der Waals surface area contributed by atoms with Crippen LogP contribution in [0.1, 0.15) is 54.7 Å². The second-order valence-electron chi connectivity index (χ2n) is 8.97. The molecule has 0 bridgehead atoms. The van der Waals surface area contributed by atoms with Crippen LogP contribution in [0.5, 0.6) is 0 Å². The van der Waals surface area contributed by atoms with Gasteiger partial charge >= 0.3 is 0 Å². The molecule has 1 N–H and O–H groups in total. The molecule has 184 valence electrons. The van der Waals surface area contributed by atoms with Gasteiger partial charge < -0.3 is 0 Å². The van der Waals surface area contributed by atoms with E-state index in [1.54, 1.807) is 0 Å². The third-order valence-corrected chi connectivity index (χ3v) is 7.25. The lowest BCUT2D eigenvalue weighted by Crippen LogP contribution is -2.07.